The first-order valence-electron chi connectivity index (χ1n) is 8.15. The summed E-state index contributed by atoms with van der Waals surface area (Å²) in [6.07, 6.45) is 1.08. The first-order chi connectivity index (χ1) is 11.8. The van der Waals surface area contributed by atoms with Crippen molar-refractivity contribution in [3.05, 3.63) is 26.7 Å². The predicted molar refractivity (Wildman–Crippen MR) is 96.0 cm³/mol. The molecule has 0 spiro atoms. The molecule has 2 aromatic rings. The van der Waals surface area contributed by atoms with Crippen molar-refractivity contribution in [1.82, 2.24) is 19.1 Å². The highest BCUT2D eigenvalue weighted by atomic mass is 32.2. The SMILES string of the molecule is CCOC(=O)[C@H](CC)Sc1nc(CC)nc2c1c(=O)n(C)c(=O)n2C. The van der Waals surface area contributed by atoms with E-state index in [1.165, 1.54) is 23.4 Å². The Morgan fingerprint density at radius 2 is 1.84 bits per heavy atom. The molecule has 2 rings (SSSR count). The van der Waals surface area contributed by atoms with Crippen LogP contribution in [0.3, 0.4) is 0 Å². The van der Waals surface area contributed by atoms with Crippen molar-refractivity contribution in [1.29, 1.82) is 0 Å². The van der Waals surface area contributed by atoms with E-state index in [-0.39, 0.29) is 23.6 Å². The fourth-order valence-electron chi connectivity index (χ4n) is 2.38. The summed E-state index contributed by atoms with van der Waals surface area (Å²) >= 11 is 1.18. The molecule has 0 fully saturated rings. The van der Waals surface area contributed by atoms with Gasteiger partial charge < -0.3 is 4.74 Å². The van der Waals surface area contributed by atoms with Crippen LogP contribution in [0.25, 0.3) is 11.0 Å². The number of rotatable bonds is 6. The zero-order chi connectivity index (χ0) is 18.7. The Balaban J connectivity index is 2.72. The standard InChI is InChI=1S/C16H22N4O4S/c1-6-9(15(22)24-8-3)25-13-11-12(17-10(7-2)18-13)19(4)16(23)20(5)14(11)21/h9H,6-8H2,1-5H3/t9-/m0/s1. The fraction of sp³-hybridized carbons (Fsp3) is 0.562. The quantitative estimate of drug-likeness (QED) is 0.428. The molecule has 0 N–H and O–H groups in total. The molecule has 0 bridgehead atoms. The molecule has 0 unspecified atom stereocenters. The summed E-state index contributed by atoms with van der Waals surface area (Å²) in [4.78, 5) is 45.7. The highest BCUT2D eigenvalue weighted by molar-refractivity contribution is 8.00. The number of carbonyl (C=O) groups is 1. The van der Waals surface area contributed by atoms with Crippen LogP contribution in [0, 0.1) is 0 Å². The van der Waals surface area contributed by atoms with Gasteiger partial charge in [0, 0.05) is 20.5 Å². The number of aromatic nitrogens is 4. The van der Waals surface area contributed by atoms with Crippen molar-refractivity contribution in [2.45, 2.75) is 43.9 Å². The number of hydrogen-bond acceptors (Lipinski definition) is 7. The van der Waals surface area contributed by atoms with Crippen molar-refractivity contribution in [2.24, 2.45) is 14.1 Å². The van der Waals surface area contributed by atoms with E-state index >= 15 is 0 Å². The minimum Gasteiger partial charge on any atom is -0.465 e. The van der Waals surface area contributed by atoms with E-state index in [1.807, 2.05) is 13.8 Å². The minimum absolute atomic E-state index is 0.245. The van der Waals surface area contributed by atoms with E-state index in [0.717, 1.165) is 4.57 Å². The minimum atomic E-state index is -0.482. The second-order valence-electron chi connectivity index (χ2n) is 5.47. The number of hydrogen-bond donors (Lipinski definition) is 0. The van der Waals surface area contributed by atoms with Gasteiger partial charge in [-0.2, -0.15) is 0 Å². The smallest absolute Gasteiger partial charge is 0.332 e. The summed E-state index contributed by atoms with van der Waals surface area (Å²) < 4.78 is 7.44. The molecule has 0 aliphatic rings. The molecule has 2 aromatic heterocycles. The lowest BCUT2D eigenvalue weighted by atomic mass is 10.3. The second-order valence-corrected chi connectivity index (χ2v) is 6.66. The zero-order valence-electron chi connectivity index (χ0n) is 15.0. The van der Waals surface area contributed by atoms with E-state index in [1.54, 1.807) is 14.0 Å². The third-order valence-corrected chi connectivity index (χ3v) is 5.13. The molecule has 0 saturated carbocycles. The normalized spacial score (nSPS) is 12.4. The molecule has 0 aliphatic carbocycles. The lowest BCUT2D eigenvalue weighted by Gasteiger charge is -2.15. The van der Waals surface area contributed by atoms with Crippen LogP contribution >= 0.6 is 11.8 Å². The number of ether oxygens (including phenoxy) is 1. The number of aryl methyl sites for hydroxylation is 2. The molecular formula is C16H22N4O4S. The summed E-state index contributed by atoms with van der Waals surface area (Å²) in [5.41, 5.74) is -0.644. The van der Waals surface area contributed by atoms with Gasteiger partial charge in [-0.15, -0.1) is 0 Å². The van der Waals surface area contributed by atoms with Crippen molar-refractivity contribution in [2.75, 3.05) is 6.61 Å². The molecule has 136 valence electrons. The molecule has 8 nitrogen and oxygen atoms in total. The number of fused-ring (bicyclic) bond motifs is 1. The van der Waals surface area contributed by atoms with Crippen molar-refractivity contribution >= 4 is 28.8 Å². The van der Waals surface area contributed by atoms with Gasteiger partial charge >= 0.3 is 11.7 Å². The van der Waals surface area contributed by atoms with Crippen LogP contribution in [-0.4, -0.2) is 36.9 Å². The Bertz CT molecular complexity index is 919. The Morgan fingerprint density at radius 1 is 1.16 bits per heavy atom. The van der Waals surface area contributed by atoms with Gasteiger partial charge in [0.2, 0.25) is 0 Å². The fourth-order valence-corrected chi connectivity index (χ4v) is 3.44. The average Bonchev–Trinajstić information content (AvgIpc) is 2.61. The van der Waals surface area contributed by atoms with Crippen molar-refractivity contribution < 1.29 is 9.53 Å². The molecular weight excluding hydrogens is 344 g/mol. The van der Waals surface area contributed by atoms with E-state index in [2.05, 4.69) is 9.97 Å². The summed E-state index contributed by atoms with van der Waals surface area (Å²) in [6.45, 7) is 5.79. The highest BCUT2D eigenvalue weighted by Crippen LogP contribution is 2.28. The first-order valence-corrected chi connectivity index (χ1v) is 9.03. The van der Waals surface area contributed by atoms with Gasteiger partial charge in [0.15, 0.2) is 5.65 Å². The molecule has 9 heteroatoms. The summed E-state index contributed by atoms with van der Waals surface area (Å²) in [5, 5.41) is 0.164. The molecule has 0 amide bonds. The Labute approximate surface area is 149 Å². The van der Waals surface area contributed by atoms with Gasteiger partial charge in [0.1, 0.15) is 21.5 Å². The Kier molecular flexibility index (Phi) is 5.99. The third-order valence-electron chi connectivity index (χ3n) is 3.80. The predicted octanol–water partition coefficient (Wildman–Crippen LogP) is 1.02. The van der Waals surface area contributed by atoms with Crippen LogP contribution in [0.4, 0.5) is 0 Å². The van der Waals surface area contributed by atoms with Crippen LogP contribution < -0.4 is 11.2 Å². The van der Waals surface area contributed by atoms with E-state index in [4.69, 9.17) is 4.74 Å². The molecule has 0 aromatic carbocycles. The van der Waals surface area contributed by atoms with Gasteiger partial charge in [-0.25, -0.2) is 14.8 Å². The van der Waals surface area contributed by atoms with Crippen LogP contribution in [-0.2, 0) is 30.0 Å². The Morgan fingerprint density at radius 3 is 2.40 bits per heavy atom. The highest BCUT2D eigenvalue weighted by Gasteiger charge is 2.24. The van der Waals surface area contributed by atoms with E-state index in [9.17, 15) is 14.4 Å². The molecule has 1 atom stereocenters. The number of carbonyl (C=O) groups excluding carboxylic acids is 1. The molecule has 0 aliphatic heterocycles. The summed E-state index contributed by atoms with van der Waals surface area (Å²) in [6, 6.07) is 0. The lowest BCUT2D eigenvalue weighted by molar-refractivity contribution is -0.142. The van der Waals surface area contributed by atoms with Crippen LogP contribution in [0.1, 0.15) is 33.0 Å². The second kappa shape index (κ2) is 7.81. The lowest BCUT2D eigenvalue weighted by Crippen LogP contribution is -2.38. The van der Waals surface area contributed by atoms with Crippen molar-refractivity contribution in [3.63, 3.8) is 0 Å². The maximum absolute atomic E-state index is 12.6. The molecule has 2 heterocycles. The third kappa shape index (κ3) is 3.60. The van der Waals surface area contributed by atoms with Gasteiger partial charge in [-0.05, 0) is 13.3 Å². The maximum Gasteiger partial charge on any atom is 0.332 e. The van der Waals surface area contributed by atoms with E-state index in [0.29, 0.717) is 23.7 Å². The van der Waals surface area contributed by atoms with Gasteiger partial charge in [0.05, 0.1) is 6.61 Å². The molecule has 0 saturated heterocycles. The van der Waals surface area contributed by atoms with Gasteiger partial charge in [0.25, 0.3) is 5.56 Å². The van der Waals surface area contributed by atoms with Gasteiger partial charge in [-0.3, -0.25) is 18.7 Å². The van der Waals surface area contributed by atoms with Crippen LogP contribution in [0.2, 0.25) is 0 Å². The largest absolute Gasteiger partial charge is 0.465 e. The Hall–Kier alpha value is -2.16. The van der Waals surface area contributed by atoms with Crippen molar-refractivity contribution in [3.8, 4) is 0 Å². The first kappa shape index (κ1) is 19.2. The maximum atomic E-state index is 12.6. The van der Waals surface area contributed by atoms with Crippen LogP contribution in [0.5, 0.6) is 0 Å². The summed E-state index contributed by atoms with van der Waals surface area (Å²) in [7, 11) is 2.97. The number of thioether (sulfide) groups is 1. The monoisotopic (exact) mass is 366 g/mol. The summed E-state index contributed by atoms with van der Waals surface area (Å²) in [5.74, 6) is 0.165. The topological polar surface area (TPSA) is 96.1 Å². The molecule has 25 heavy (non-hydrogen) atoms. The molecule has 0 radical (unpaired) electrons. The van der Waals surface area contributed by atoms with E-state index < -0.39 is 16.5 Å². The van der Waals surface area contributed by atoms with Crippen LogP contribution in [0.15, 0.2) is 14.6 Å². The zero-order valence-corrected chi connectivity index (χ0v) is 15.8. The van der Waals surface area contributed by atoms with Gasteiger partial charge in [-0.1, -0.05) is 25.6 Å². The number of esters is 1. The average molecular weight is 366 g/mol. The number of nitrogens with zero attached hydrogens (tertiary/aromatic N) is 4.